The highest BCUT2D eigenvalue weighted by molar-refractivity contribution is 5.39. The first-order valence-electron chi connectivity index (χ1n) is 15.8. The summed E-state index contributed by atoms with van der Waals surface area (Å²) < 4.78 is 0. The van der Waals surface area contributed by atoms with Crippen LogP contribution in [0.25, 0.3) is 0 Å². The highest BCUT2D eigenvalue weighted by Gasteiger charge is 2.32. The van der Waals surface area contributed by atoms with Gasteiger partial charge >= 0.3 is 0 Å². The van der Waals surface area contributed by atoms with Gasteiger partial charge in [-0.3, -0.25) is 0 Å². The van der Waals surface area contributed by atoms with Crippen molar-refractivity contribution < 1.29 is 10.2 Å². The van der Waals surface area contributed by atoms with E-state index in [0.29, 0.717) is 5.92 Å². The molecular weight excluding hydrogens is 512 g/mol. The third-order valence-electron chi connectivity index (χ3n) is 8.50. The largest absolute Gasteiger partial charge is 0.393 e. The summed E-state index contributed by atoms with van der Waals surface area (Å²) in [5.41, 5.74) is 8.99. The maximum Gasteiger partial charge on any atom is 0.0585 e. The van der Waals surface area contributed by atoms with Gasteiger partial charge in [0.2, 0.25) is 0 Å². The molecule has 2 heteroatoms. The third-order valence-corrected chi connectivity index (χ3v) is 8.50. The first kappa shape index (κ1) is 35.5. The van der Waals surface area contributed by atoms with Crippen LogP contribution in [0.1, 0.15) is 101 Å². The Labute approximate surface area is 258 Å². The Balaban J connectivity index is 1.84. The van der Waals surface area contributed by atoms with Crippen molar-refractivity contribution in [3.63, 3.8) is 0 Å². The lowest BCUT2D eigenvalue weighted by atomic mass is 9.71. The number of hydrogen-bond donors (Lipinski definition) is 2. The van der Waals surface area contributed by atoms with E-state index in [1.165, 1.54) is 39.0 Å². The van der Waals surface area contributed by atoms with Gasteiger partial charge in [-0.2, -0.15) is 0 Å². The van der Waals surface area contributed by atoms with Crippen molar-refractivity contribution in [2.45, 2.75) is 114 Å². The molecule has 2 rings (SSSR count). The van der Waals surface area contributed by atoms with Gasteiger partial charge in [-0.15, -0.1) is 0 Å². The van der Waals surface area contributed by atoms with Gasteiger partial charge in [-0.1, -0.05) is 141 Å². The molecule has 0 aliphatic heterocycles. The van der Waals surface area contributed by atoms with Crippen molar-refractivity contribution in [1.29, 1.82) is 0 Å². The molecule has 2 N–H and O–H groups in total. The van der Waals surface area contributed by atoms with E-state index in [2.05, 4.69) is 148 Å². The van der Waals surface area contributed by atoms with Gasteiger partial charge in [0, 0.05) is 0 Å². The summed E-state index contributed by atoms with van der Waals surface area (Å²) in [5, 5.41) is 20.2. The average molecular weight is 571 g/mol. The van der Waals surface area contributed by atoms with Gasteiger partial charge in [0.1, 0.15) is 0 Å². The molecule has 0 heterocycles. The maximum absolute atomic E-state index is 10.1. The first-order valence-corrected chi connectivity index (χ1v) is 15.8. The Kier molecular flexibility index (Phi) is 13.7. The van der Waals surface area contributed by atoms with Crippen LogP contribution in [0.2, 0.25) is 0 Å². The SMILES string of the molecule is CC1=C(/C=C/C(C)=C/C=C/C(C)C\C=C/C=C(C)\C=C\C=C(C)\C=C\C2=C(C)C[C@H](O)CC2(C)C)C(C)(C)C[C@H](O)C1. The van der Waals surface area contributed by atoms with Gasteiger partial charge in [-0.05, 0) is 94.6 Å². The zero-order valence-corrected chi connectivity index (χ0v) is 28.2. The monoisotopic (exact) mass is 570 g/mol. The predicted octanol–water partition coefficient (Wildman–Crippen LogP) is 10.6. The zero-order valence-electron chi connectivity index (χ0n) is 28.2. The third kappa shape index (κ3) is 11.9. The average Bonchev–Trinajstić information content (AvgIpc) is 2.84. The normalized spacial score (nSPS) is 25.4. The van der Waals surface area contributed by atoms with Crippen molar-refractivity contribution in [2.75, 3.05) is 0 Å². The molecule has 0 saturated carbocycles. The second-order valence-corrected chi connectivity index (χ2v) is 14.1. The summed E-state index contributed by atoms with van der Waals surface area (Å²) in [4.78, 5) is 0. The van der Waals surface area contributed by atoms with E-state index in [1.807, 2.05) is 0 Å². The second-order valence-electron chi connectivity index (χ2n) is 14.1. The number of aliphatic hydroxyl groups excluding tert-OH is 2. The van der Waals surface area contributed by atoms with E-state index in [-0.39, 0.29) is 23.0 Å². The lowest BCUT2D eigenvalue weighted by molar-refractivity contribution is 0.116. The molecule has 2 aliphatic carbocycles. The Morgan fingerprint density at radius 2 is 1.14 bits per heavy atom. The van der Waals surface area contributed by atoms with Gasteiger partial charge < -0.3 is 10.2 Å². The van der Waals surface area contributed by atoms with Gasteiger partial charge in [0.15, 0.2) is 0 Å². The molecule has 0 radical (unpaired) electrons. The van der Waals surface area contributed by atoms with Crippen molar-refractivity contribution in [3.05, 3.63) is 118 Å². The van der Waals surface area contributed by atoms with Crippen molar-refractivity contribution in [3.8, 4) is 0 Å². The topological polar surface area (TPSA) is 40.5 Å². The van der Waals surface area contributed by atoms with Gasteiger partial charge in [-0.25, -0.2) is 0 Å². The number of aliphatic hydroxyl groups is 2. The molecule has 3 atom stereocenters. The fourth-order valence-electron chi connectivity index (χ4n) is 6.30. The summed E-state index contributed by atoms with van der Waals surface area (Å²) in [6.45, 7) is 21.8. The van der Waals surface area contributed by atoms with Crippen LogP contribution >= 0.6 is 0 Å². The van der Waals surface area contributed by atoms with E-state index in [1.54, 1.807) is 0 Å². The first-order chi connectivity index (χ1) is 19.6. The number of hydrogen-bond acceptors (Lipinski definition) is 2. The highest BCUT2D eigenvalue weighted by Crippen LogP contribution is 2.42. The molecule has 0 fully saturated rings. The van der Waals surface area contributed by atoms with Crippen LogP contribution in [0.15, 0.2) is 118 Å². The van der Waals surface area contributed by atoms with Crippen LogP contribution in [0.3, 0.4) is 0 Å². The summed E-state index contributed by atoms with van der Waals surface area (Å²) >= 11 is 0. The molecular formula is C40H58O2. The zero-order chi connectivity index (χ0) is 31.5. The molecule has 42 heavy (non-hydrogen) atoms. The minimum Gasteiger partial charge on any atom is -0.393 e. The molecule has 0 amide bonds. The van der Waals surface area contributed by atoms with E-state index in [4.69, 9.17) is 0 Å². The molecule has 2 nitrogen and oxygen atoms in total. The Hall–Kier alpha value is -2.68. The molecule has 0 bridgehead atoms. The molecule has 1 unspecified atom stereocenters. The summed E-state index contributed by atoms with van der Waals surface area (Å²) in [6, 6.07) is 0. The summed E-state index contributed by atoms with van der Waals surface area (Å²) in [6.07, 6.45) is 32.2. The second kappa shape index (κ2) is 16.2. The number of rotatable bonds is 11. The lowest BCUT2D eigenvalue weighted by Crippen LogP contribution is -2.28. The van der Waals surface area contributed by atoms with E-state index >= 15 is 0 Å². The maximum atomic E-state index is 10.1. The van der Waals surface area contributed by atoms with E-state index in [0.717, 1.165) is 32.1 Å². The molecule has 0 spiro atoms. The van der Waals surface area contributed by atoms with Crippen LogP contribution < -0.4 is 0 Å². The van der Waals surface area contributed by atoms with Crippen LogP contribution in [-0.2, 0) is 0 Å². The molecule has 0 aromatic rings. The minimum absolute atomic E-state index is 0.0101. The van der Waals surface area contributed by atoms with E-state index in [9.17, 15) is 10.2 Å². The van der Waals surface area contributed by atoms with Crippen molar-refractivity contribution >= 4 is 0 Å². The van der Waals surface area contributed by atoms with Gasteiger partial charge in [0.25, 0.3) is 0 Å². The smallest absolute Gasteiger partial charge is 0.0585 e. The molecule has 0 aromatic carbocycles. The standard InChI is InChI=1S/C40H58O2/c1-29(17-13-19-31(3)21-23-37-33(5)25-35(41)27-39(37,7)8)15-11-12-16-30(2)18-14-20-32(4)22-24-38-34(6)26-36(42)28-40(38,9)10/h11-15,17-24,30,35-36,41-42H,16,25-28H2,1-10H3/b12-11-,17-13+,18-14+,23-21+,24-22+,29-15-,31-19+,32-20+/t30?,35-,36+/m0/s1. The van der Waals surface area contributed by atoms with E-state index < -0.39 is 0 Å². The predicted molar refractivity (Wildman–Crippen MR) is 184 cm³/mol. The van der Waals surface area contributed by atoms with Crippen molar-refractivity contribution in [2.24, 2.45) is 16.7 Å². The van der Waals surface area contributed by atoms with Crippen molar-refractivity contribution in [1.82, 2.24) is 0 Å². The molecule has 2 aliphatic rings. The lowest BCUT2D eigenvalue weighted by Gasteiger charge is -2.35. The Bertz CT molecular complexity index is 1230. The molecule has 0 aromatic heterocycles. The summed E-state index contributed by atoms with van der Waals surface area (Å²) in [5.74, 6) is 0.468. The van der Waals surface area contributed by atoms with Crippen LogP contribution in [0, 0.1) is 16.7 Å². The Morgan fingerprint density at radius 1 is 0.714 bits per heavy atom. The van der Waals surface area contributed by atoms with Crippen LogP contribution in [0.4, 0.5) is 0 Å². The molecule has 230 valence electrons. The van der Waals surface area contributed by atoms with Crippen LogP contribution in [0.5, 0.6) is 0 Å². The molecule has 0 saturated heterocycles. The number of allylic oxidation sites excluding steroid dienone is 18. The van der Waals surface area contributed by atoms with Crippen LogP contribution in [-0.4, -0.2) is 22.4 Å². The fraction of sp³-hybridized carbons (Fsp3) is 0.500. The van der Waals surface area contributed by atoms with Gasteiger partial charge in [0.05, 0.1) is 12.2 Å². The minimum atomic E-state index is -0.223. The quantitative estimate of drug-likeness (QED) is 0.243. The summed E-state index contributed by atoms with van der Waals surface area (Å²) in [7, 11) is 0. The fourth-order valence-corrected chi connectivity index (χ4v) is 6.30. The Morgan fingerprint density at radius 3 is 1.62 bits per heavy atom. The highest BCUT2D eigenvalue weighted by atomic mass is 16.3.